The van der Waals surface area contributed by atoms with Gasteiger partial charge in [-0.2, -0.15) is 5.26 Å². The topological polar surface area (TPSA) is 39.1 Å². The van der Waals surface area contributed by atoms with E-state index in [1.807, 2.05) is 0 Å². The highest BCUT2D eigenvalue weighted by Crippen LogP contribution is 2.26. The van der Waals surface area contributed by atoms with E-state index in [0.717, 1.165) is 31.3 Å². The van der Waals surface area contributed by atoms with E-state index in [4.69, 9.17) is 5.26 Å². The maximum atomic E-state index is 9.03. The van der Waals surface area contributed by atoms with Gasteiger partial charge in [-0.15, -0.1) is 0 Å². The molecule has 0 radical (unpaired) electrons. The lowest BCUT2D eigenvalue weighted by atomic mass is 9.86. The van der Waals surface area contributed by atoms with Gasteiger partial charge in [0.05, 0.1) is 12.1 Å². The first kappa shape index (κ1) is 14.5. The molecule has 3 heteroatoms. The number of likely N-dealkylation sites (tertiary alicyclic amines) is 1. The van der Waals surface area contributed by atoms with Gasteiger partial charge in [0, 0.05) is 19.1 Å². The Morgan fingerprint density at radius 2 is 2.12 bits per heavy atom. The fourth-order valence-electron chi connectivity index (χ4n) is 2.88. The molecule has 0 aromatic carbocycles. The van der Waals surface area contributed by atoms with Crippen LogP contribution in [0.25, 0.3) is 0 Å². The van der Waals surface area contributed by atoms with Crippen molar-refractivity contribution in [3.8, 4) is 6.07 Å². The van der Waals surface area contributed by atoms with Gasteiger partial charge in [0.25, 0.3) is 0 Å². The predicted octanol–water partition coefficient (Wildman–Crippen LogP) is 2.24. The quantitative estimate of drug-likeness (QED) is 0.797. The number of hydrogen-bond donors (Lipinski definition) is 1. The van der Waals surface area contributed by atoms with Crippen LogP contribution in [-0.2, 0) is 0 Å². The Bertz CT molecular complexity index is 259. The van der Waals surface area contributed by atoms with Gasteiger partial charge >= 0.3 is 0 Å². The Morgan fingerprint density at radius 1 is 1.41 bits per heavy atom. The highest BCUT2D eigenvalue weighted by molar-refractivity contribution is 4.91. The molecule has 17 heavy (non-hydrogen) atoms. The second kappa shape index (κ2) is 6.98. The zero-order valence-corrected chi connectivity index (χ0v) is 11.7. The summed E-state index contributed by atoms with van der Waals surface area (Å²) in [4.78, 5) is 2.56. The molecule has 0 bridgehead atoms. The lowest BCUT2D eigenvalue weighted by molar-refractivity contribution is 0.0773. The average Bonchev–Trinajstić information content (AvgIpc) is 2.30. The molecule has 1 aliphatic rings. The van der Waals surface area contributed by atoms with Crippen molar-refractivity contribution in [1.29, 1.82) is 5.26 Å². The fraction of sp³-hybridized carbons (Fsp3) is 0.929. The Morgan fingerprint density at radius 3 is 2.71 bits per heavy atom. The summed E-state index contributed by atoms with van der Waals surface area (Å²) in [7, 11) is 0. The zero-order valence-electron chi connectivity index (χ0n) is 11.7. The van der Waals surface area contributed by atoms with E-state index in [-0.39, 0.29) is 6.04 Å². The molecule has 0 aliphatic carbocycles. The maximum Gasteiger partial charge on any atom is 0.0965 e. The molecule has 1 rings (SSSR count). The summed E-state index contributed by atoms with van der Waals surface area (Å²) in [5.41, 5.74) is 0. The van der Waals surface area contributed by atoms with Crippen LogP contribution in [0, 0.1) is 23.2 Å². The summed E-state index contributed by atoms with van der Waals surface area (Å²) < 4.78 is 0. The van der Waals surface area contributed by atoms with Gasteiger partial charge in [-0.1, -0.05) is 20.8 Å². The van der Waals surface area contributed by atoms with Crippen molar-refractivity contribution in [2.75, 3.05) is 19.6 Å². The molecule has 4 unspecified atom stereocenters. The third kappa shape index (κ3) is 4.29. The highest BCUT2D eigenvalue weighted by Gasteiger charge is 2.28. The van der Waals surface area contributed by atoms with E-state index < -0.39 is 0 Å². The van der Waals surface area contributed by atoms with E-state index in [1.54, 1.807) is 0 Å². The van der Waals surface area contributed by atoms with Crippen molar-refractivity contribution in [1.82, 2.24) is 10.2 Å². The molecule has 1 N–H and O–H groups in total. The first-order chi connectivity index (χ1) is 8.08. The van der Waals surface area contributed by atoms with Crippen molar-refractivity contribution < 1.29 is 0 Å². The smallest absolute Gasteiger partial charge is 0.0965 e. The van der Waals surface area contributed by atoms with Crippen molar-refractivity contribution in [3.05, 3.63) is 0 Å². The summed E-state index contributed by atoms with van der Waals surface area (Å²) in [6.07, 6.45) is 2.28. The van der Waals surface area contributed by atoms with Crippen molar-refractivity contribution in [3.63, 3.8) is 0 Å². The SMILES string of the molecule is CCNC(C#N)CCN1CC(C)CC(C)C1C. The zero-order chi connectivity index (χ0) is 12.8. The maximum absolute atomic E-state index is 9.03. The van der Waals surface area contributed by atoms with E-state index in [9.17, 15) is 0 Å². The van der Waals surface area contributed by atoms with Crippen LogP contribution in [0.5, 0.6) is 0 Å². The van der Waals surface area contributed by atoms with Crippen LogP contribution in [-0.4, -0.2) is 36.6 Å². The summed E-state index contributed by atoms with van der Waals surface area (Å²) in [5.74, 6) is 1.57. The number of piperidine rings is 1. The lowest BCUT2D eigenvalue weighted by Gasteiger charge is -2.41. The van der Waals surface area contributed by atoms with Crippen LogP contribution >= 0.6 is 0 Å². The van der Waals surface area contributed by atoms with Crippen LogP contribution in [0.4, 0.5) is 0 Å². The molecule has 1 aliphatic heterocycles. The summed E-state index contributed by atoms with van der Waals surface area (Å²) in [6.45, 7) is 12.2. The summed E-state index contributed by atoms with van der Waals surface area (Å²) in [6, 6.07) is 3.02. The molecule has 0 spiro atoms. The first-order valence-corrected chi connectivity index (χ1v) is 6.95. The number of hydrogen-bond acceptors (Lipinski definition) is 3. The van der Waals surface area contributed by atoms with Gasteiger partial charge in [-0.05, 0) is 38.1 Å². The molecular formula is C14H27N3. The largest absolute Gasteiger partial charge is 0.302 e. The molecule has 0 aromatic rings. The first-order valence-electron chi connectivity index (χ1n) is 6.95. The molecule has 3 nitrogen and oxygen atoms in total. The van der Waals surface area contributed by atoms with E-state index >= 15 is 0 Å². The van der Waals surface area contributed by atoms with E-state index in [1.165, 1.54) is 13.0 Å². The van der Waals surface area contributed by atoms with Crippen LogP contribution < -0.4 is 5.32 Å². The van der Waals surface area contributed by atoms with Crippen LogP contribution in [0.1, 0.15) is 40.5 Å². The normalized spacial score (nSPS) is 32.1. The van der Waals surface area contributed by atoms with Crippen molar-refractivity contribution in [2.45, 2.75) is 52.6 Å². The molecule has 98 valence electrons. The van der Waals surface area contributed by atoms with Gasteiger partial charge in [0.15, 0.2) is 0 Å². The Labute approximate surface area is 106 Å². The van der Waals surface area contributed by atoms with Crippen LogP contribution in [0.15, 0.2) is 0 Å². The van der Waals surface area contributed by atoms with Gasteiger partial charge in [0.1, 0.15) is 0 Å². The van der Waals surface area contributed by atoms with Gasteiger partial charge in [0.2, 0.25) is 0 Å². The molecule has 0 saturated carbocycles. The second-order valence-electron chi connectivity index (χ2n) is 5.58. The predicted molar refractivity (Wildman–Crippen MR) is 71.7 cm³/mol. The molecule has 0 amide bonds. The molecular weight excluding hydrogens is 210 g/mol. The van der Waals surface area contributed by atoms with Crippen molar-refractivity contribution >= 4 is 0 Å². The summed E-state index contributed by atoms with van der Waals surface area (Å²) >= 11 is 0. The van der Waals surface area contributed by atoms with Gasteiger partial charge in [-0.25, -0.2) is 0 Å². The fourth-order valence-corrected chi connectivity index (χ4v) is 2.88. The number of nitrogens with one attached hydrogen (secondary N) is 1. The van der Waals surface area contributed by atoms with E-state index in [2.05, 4.69) is 44.0 Å². The van der Waals surface area contributed by atoms with Crippen LogP contribution in [0.3, 0.4) is 0 Å². The minimum absolute atomic E-state index is 0.0136. The minimum atomic E-state index is 0.0136. The lowest BCUT2D eigenvalue weighted by Crippen LogP contribution is -2.47. The van der Waals surface area contributed by atoms with Crippen LogP contribution in [0.2, 0.25) is 0 Å². The third-order valence-electron chi connectivity index (χ3n) is 4.03. The van der Waals surface area contributed by atoms with E-state index in [0.29, 0.717) is 6.04 Å². The Balaban J connectivity index is 2.41. The minimum Gasteiger partial charge on any atom is -0.302 e. The standard InChI is InChI=1S/C14H27N3/c1-5-16-14(9-15)6-7-17-10-11(2)8-12(3)13(17)4/h11-14,16H,5-8,10H2,1-4H3. The highest BCUT2D eigenvalue weighted by atomic mass is 15.2. The molecule has 0 aromatic heterocycles. The molecule has 1 saturated heterocycles. The van der Waals surface area contributed by atoms with Gasteiger partial charge < -0.3 is 10.2 Å². The Kier molecular flexibility index (Phi) is 5.94. The summed E-state index contributed by atoms with van der Waals surface area (Å²) in [5, 5.41) is 12.2. The Hall–Kier alpha value is -0.590. The number of rotatable bonds is 5. The van der Waals surface area contributed by atoms with Crippen molar-refractivity contribution in [2.24, 2.45) is 11.8 Å². The number of nitriles is 1. The average molecular weight is 237 g/mol. The molecule has 1 heterocycles. The third-order valence-corrected chi connectivity index (χ3v) is 4.03. The number of nitrogens with zero attached hydrogens (tertiary/aromatic N) is 2. The monoisotopic (exact) mass is 237 g/mol. The molecule has 1 fully saturated rings. The molecule has 4 atom stereocenters. The van der Waals surface area contributed by atoms with Gasteiger partial charge in [-0.3, -0.25) is 0 Å². The second-order valence-corrected chi connectivity index (χ2v) is 5.58.